The van der Waals surface area contributed by atoms with Gasteiger partial charge in [-0.3, -0.25) is 19.4 Å². The van der Waals surface area contributed by atoms with Crippen LogP contribution >= 0.6 is 0 Å². The normalized spacial score (nSPS) is 11.7. The van der Waals surface area contributed by atoms with Crippen molar-refractivity contribution in [2.75, 3.05) is 5.32 Å². The van der Waals surface area contributed by atoms with E-state index in [-0.39, 0.29) is 23.4 Å². The second-order valence-electron chi connectivity index (χ2n) is 6.56. The first-order chi connectivity index (χ1) is 13.9. The number of hydrogen-bond acceptors (Lipinski definition) is 5. The molecule has 1 aromatic carbocycles. The lowest BCUT2D eigenvalue weighted by Gasteiger charge is -2.14. The molecule has 2 heterocycles. The van der Waals surface area contributed by atoms with Gasteiger partial charge in [-0.1, -0.05) is 37.3 Å². The summed E-state index contributed by atoms with van der Waals surface area (Å²) in [4.78, 5) is 43.5. The minimum atomic E-state index is -0.845. The van der Waals surface area contributed by atoms with Crippen LogP contribution in [0.25, 0.3) is 5.95 Å². The van der Waals surface area contributed by atoms with Crippen molar-refractivity contribution in [2.24, 2.45) is 0 Å². The summed E-state index contributed by atoms with van der Waals surface area (Å²) in [6, 6.07) is 12.0. The molecule has 0 aliphatic carbocycles. The Labute approximate surface area is 167 Å². The van der Waals surface area contributed by atoms with Gasteiger partial charge in [0.2, 0.25) is 5.95 Å². The van der Waals surface area contributed by atoms with Crippen molar-refractivity contribution in [3.05, 3.63) is 69.8 Å². The Balaban J connectivity index is 1.78. The second-order valence-corrected chi connectivity index (χ2v) is 6.56. The van der Waals surface area contributed by atoms with E-state index in [4.69, 9.17) is 0 Å². The van der Waals surface area contributed by atoms with Gasteiger partial charge in [-0.2, -0.15) is 9.78 Å². The fourth-order valence-electron chi connectivity index (χ4n) is 2.79. The molecule has 0 aliphatic rings. The van der Waals surface area contributed by atoms with Crippen molar-refractivity contribution in [2.45, 2.75) is 33.2 Å². The van der Waals surface area contributed by atoms with Crippen molar-refractivity contribution in [3.8, 4) is 5.95 Å². The van der Waals surface area contributed by atoms with E-state index in [0.717, 1.165) is 5.56 Å². The van der Waals surface area contributed by atoms with Crippen LogP contribution in [0.5, 0.6) is 0 Å². The van der Waals surface area contributed by atoms with E-state index in [1.807, 2.05) is 37.3 Å². The Bertz CT molecular complexity index is 1090. The number of rotatable bonds is 5. The molecule has 1 atom stereocenters. The highest BCUT2D eigenvalue weighted by molar-refractivity contribution is 6.39. The molecule has 0 radical (unpaired) electrons. The molecule has 0 fully saturated rings. The molecule has 9 nitrogen and oxygen atoms in total. The summed E-state index contributed by atoms with van der Waals surface area (Å²) in [7, 11) is 0. The van der Waals surface area contributed by atoms with Gasteiger partial charge in [-0.05, 0) is 25.8 Å². The van der Waals surface area contributed by atoms with E-state index < -0.39 is 11.8 Å². The first-order valence-electron chi connectivity index (χ1n) is 9.21. The molecule has 0 saturated heterocycles. The maximum atomic E-state index is 12.4. The molecule has 0 spiro atoms. The van der Waals surface area contributed by atoms with Crippen LogP contribution < -0.4 is 16.2 Å². The summed E-state index contributed by atoms with van der Waals surface area (Å²) in [6.07, 6.45) is 0.568. The third kappa shape index (κ3) is 4.75. The second kappa shape index (κ2) is 8.51. The van der Waals surface area contributed by atoms with Gasteiger partial charge >= 0.3 is 11.8 Å². The molecule has 150 valence electrons. The Kier molecular flexibility index (Phi) is 5.87. The van der Waals surface area contributed by atoms with Crippen LogP contribution in [-0.4, -0.2) is 31.6 Å². The van der Waals surface area contributed by atoms with Gasteiger partial charge in [0.1, 0.15) is 5.82 Å². The molecule has 0 saturated carbocycles. The SMILES string of the molecule is CCc1cc(=O)[nH]c(-n2nc(C)cc2NC(=O)C(=O)N[C@H](C)c2ccccc2)n1. The van der Waals surface area contributed by atoms with Crippen LogP contribution in [0.4, 0.5) is 5.82 Å². The van der Waals surface area contributed by atoms with Gasteiger partial charge < -0.3 is 10.6 Å². The number of benzene rings is 1. The summed E-state index contributed by atoms with van der Waals surface area (Å²) < 4.78 is 1.29. The highest BCUT2D eigenvalue weighted by atomic mass is 16.2. The van der Waals surface area contributed by atoms with Gasteiger partial charge in [0.15, 0.2) is 0 Å². The molecule has 3 rings (SSSR count). The van der Waals surface area contributed by atoms with E-state index in [1.54, 1.807) is 19.9 Å². The number of hydrogen-bond donors (Lipinski definition) is 3. The van der Waals surface area contributed by atoms with Crippen molar-refractivity contribution in [3.63, 3.8) is 0 Å². The third-order valence-corrected chi connectivity index (χ3v) is 4.27. The molecular weight excluding hydrogens is 372 g/mol. The maximum absolute atomic E-state index is 12.4. The zero-order chi connectivity index (χ0) is 21.0. The Morgan fingerprint density at radius 1 is 1.17 bits per heavy atom. The molecule has 3 aromatic rings. The van der Waals surface area contributed by atoms with Crippen molar-refractivity contribution in [1.29, 1.82) is 0 Å². The fraction of sp³-hybridized carbons (Fsp3) is 0.250. The molecule has 0 bridgehead atoms. The minimum Gasteiger partial charge on any atom is -0.341 e. The lowest BCUT2D eigenvalue weighted by atomic mass is 10.1. The largest absolute Gasteiger partial charge is 0.341 e. The van der Waals surface area contributed by atoms with Crippen LogP contribution in [0.2, 0.25) is 0 Å². The van der Waals surface area contributed by atoms with E-state index in [2.05, 4.69) is 25.7 Å². The van der Waals surface area contributed by atoms with E-state index in [9.17, 15) is 14.4 Å². The maximum Gasteiger partial charge on any atom is 0.314 e. The monoisotopic (exact) mass is 394 g/mol. The highest BCUT2D eigenvalue weighted by Gasteiger charge is 2.20. The predicted octanol–water partition coefficient (Wildman–Crippen LogP) is 1.64. The van der Waals surface area contributed by atoms with E-state index >= 15 is 0 Å². The Hall–Kier alpha value is -3.75. The zero-order valence-electron chi connectivity index (χ0n) is 16.4. The fourth-order valence-corrected chi connectivity index (χ4v) is 2.79. The molecule has 2 amide bonds. The highest BCUT2D eigenvalue weighted by Crippen LogP contribution is 2.15. The zero-order valence-corrected chi connectivity index (χ0v) is 16.4. The summed E-state index contributed by atoms with van der Waals surface area (Å²) in [5.41, 5.74) is 1.73. The average molecular weight is 394 g/mol. The van der Waals surface area contributed by atoms with Crippen LogP contribution in [0.15, 0.2) is 47.3 Å². The number of anilines is 1. The number of nitrogens with zero attached hydrogens (tertiary/aromatic N) is 3. The van der Waals surface area contributed by atoms with Gasteiger partial charge in [-0.15, -0.1) is 0 Å². The van der Waals surface area contributed by atoms with Crippen LogP contribution in [0.1, 0.15) is 36.8 Å². The summed E-state index contributed by atoms with van der Waals surface area (Å²) in [5.74, 6) is -1.24. The third-order valence-electron chi connectivity index (χ3n) is 4.27. The number of carbonyl (C=O) groups excluding carboxylic acids is 2. The van der Waals surface area contributed by atoms with E-state index in [1.165, 1.54) is 10.7 Å². The first-order valence-corrected chi connectivity index (χ1v) is 9.21. The quantitative estimate of drug-likeness (QED) is 0.568. The van der Waals surface area contributed by atoms with Gasteiger partial charge in [0.25, 0.3) is 5.56 Å². The average Bonchev–Trinajstić information content (AvgIpc) is 3.08. The number of aromatic nitrogens is 4. The van der Waals surface area contributed by atoms with Crippen LogP contribution in [0, 0.1) is 6.92 Å². The number of aromatic amines is 1. The Morgan fingerprint density at radius 2 is 1.90 bits per heavy atom. The first kappa shape index (κ1) is 20.0. The Morgan fingerprint density at radius 3 is 2.59 bits per heavy atom. The van der Waals surface area contributed by atoms with Gasteiger partial charge in [-0.25, -0.2) is 4.98 Å². The summed E-state index contributed by atoms with van der Waals surface area (Å²) >= 11 is 0. The van der Waals surface area contributed by atoms with Crippen molar-refractivity contribution < 1.29 is 9.59 Å². The topological polar surface area (TPSA) is 122 Å². The molecule has 2 aromatic heterocycles. The smallest absolute Gasteiger partial charge is 0.314 e. The van der Waals surface area contributed by atoms with Gasteiger partial charge in [0, 0.05) is 17.8 Å². The molecular formula is C20H22N6O3. The van der Waals surface area contributed by atoms with Crippen molar-refractivity contribution in [1.82, 2.24) is 25.1 Å². The van der Waals surface area contributed by atoms with Crippen LogP contribution in [0.3, 0.4) is 0 Å². The molecule has 9 heteroatoms. The standard InChI is InChI=1S/C20H22N6O3/c1-4-15-11-17(27)24-20(22-15)26-16(10-12(2)25-26)23-19(29)18(28)21-13(3)14-8-6-5-7-9-14/h5-11,13H,4H2,1-3H3,(H,21,28)(H,23,29)(H,22,24,27)/t13-/m1/s1. The summed E-state index contributed by atoms with van der Waals surface area (Å²) in [6.45, 7) is 5.39. The lowest BCUT2D eigenvalue weighted by Crippen LogP contribution is -2.37. The number of amides is 2. The molecule has 0 aliphatic heterocycles. The minimum absolute atomic E-state index is 0.163. The van der Waals surface area contributed by atoms with Gasteiger partial charge in [0.05, 0.1) is 11.7 Å². The lowest BCUT2D eigenvalue weighted by molar-refractivity contribution is -0.136. The molecule has 29 heavy (non-hydrogen) atoms. The number of carbonyl (C=O) groups is 2. The molecule has 0 unspecified atom stereocenters. The molecule has 3 N–H and O–H groups in total. The number of aryl methyl sites for hydroxylation is 2. The number of H-pyrrole nitrogens is 1. The van der Waals surface area contributed by atoms with E-state index in [0.29, 0.717) is 17.8 Å². The van der Waals surface area contributed by atoms with Crippen LogP contribution in [-0.2, 0) is 16.0 Å². The number of nitrogens with one attached hydrogen (secondary N) is 3. The predicted molar refractivity (Wildman–Crippen MR) is 108 cm³/mol. The summed E-state index contributed by atoms with van der Waals surface area (Å²) in [5, 5.41) is 9.44. The van der Waals surface area contributed by atoms with Crippen molar-refractivity contribution >= 4 is 17.6 Å².